The number of hydrogen-bond acceptors (Lipinski definition) is 9. The number of H-pyrrole nitrogens is 3. The molecule has 5 amide bonds. The zero-order valence-electron chi connectivity index (χ0n) is 39.4. The van der Waals surface area contributed by atoms with Crippen LogP contribution in [0.15, 0.2) is 97.6 Å². The van der Waals surface area contributed by atoms with Crippen LogP contribution < -0.4 is 38.1 Å². The van der Waals surface area contributed by atoms with E-state index in [1.807, 2.05) is 85.8 Å². The molecule has 360 valence electrons. The number of unbranched alkanes of at least 4 members (excludes halogenated alkanes) is 1. The van der Waals surface area contributed by atoms with Gasteiger partial charge in [0.05, 0.1) is 18.4 Å². The summed E-state index contributed by atoms with van der Waals surface area (Å²) in [6.07, 6.45) is 6.78. The van der Waals surface area contributed by atoms with Gasteiger partial charge in [-0.25, -0.2) is 4.98 Å². The van der Waals surface area contributed by atoms with Crippen LogP contribution in [0, 0.1) is 12.3 Å². The van der Waals surface area contributed by atoms with E-state index in [1.165, 1.54) is 13.3 Å². The minimum absolute atomic E-state index is 0.0128. The standard InChI is InChI=1S/C51H65N11O6/c1-30-37(36-18-10-12-20-40(36)57-30)26-44(61-47(65)38(53)25-34-28-54-29-56-34)48(66)58-31(2)46(64)60-43(24-33-27-55-39-19-11-9-17-35(33)39)50(68)62-42(23-32-15-7-6-8-16-32)49(67)59-41(21-13-14-22-52)45(63)51(3,4)5/h6-12,15-20,27-29,31,38,41-44,55,57H,13-14,21-26,52-53H2,1-5H3,(H,54,56)(H,58,66)(H,59,67)(H,60,64)(H,61,65)(H,62,68)/t31-,38-,41-,42+,43-,44+/m0/s1. The van der Waals surface area contributed by atoms with Gasteiger partial charge in [-0.1, -0.05) is 87.5 Å². The molecule has 0 fully saturated rings. The predicted octanol–water partition coefficient (Wildman–Crippen LogP) is 3.47. The van der Waals surface area contributed by atoms with Gasteiger partial charge in [0.15, 0.2) is 5.78 Å². The van der Waals surface area contributed by atoms with E-state index in [1.54, 1.807) is 33.2 Å². The predicted molar refractivity (Wildman–Crippen MR) is 262 cm³/mol. The number of aryl methyl sites for hydroxylation is 1. The number of carbonyl (C=O) groups is 6. The van der Waals surface area contributed by atoms with E-state index in [0.29, 0.717) is 31.5 Å². The number of imidazole rings is 1. The Bertz CT molecular complexity index is 2670. The lowest BCUT2D eigenvalue weighted by Gasteiger charge is -2.29. The van der Waals surface area contributed by atoms with E-state index in [-0.39, 0.29) is 31.5 Å². The Morgan fingerprint density at radius 3 is 1.91 bits per heavy atom. The Morgan fingerprint density at radius 2 is 1.24 bits per heavy atom. The van der Waals surface area contributed by atoms with E-state index in [9.17, 15) is 28.8 Å². The maximum Gasteiger partial charge on any atom is 0.243 e. The Kier molecular flexibility index (Phi) is 17.1. The molecular weight excluding hydrogens is 863 g/mol. The van der Waals surface area contributed by atoms with Crippen LogP contribution in [-0.2, 0) is 54.5 Å². The van der Waals surface area contributed by atoms with Crippen molar-refractivity contribution in [1.82, 2.24) is 46.5 Å². The molecule has 17 heteroatoms. The first-order valence-corrected chi connectivity index (χ1v) is 23.2. The highest BCUT2D eigenvalue weighted by Gasteiger charge is 2.35. The Labute approximate surface area is 396 Å². The Balaban J connectivity index is 1.24. The number of para-hydroxylation sites is 2. The van der Waals surface area contributed by atoms with E-state index >= 15 is 0 Å². The van der Waals surface area contributed by atoms with E-state index in [2.05, 4.69) is 46.5 Å². The summed E-state index contributed by atoms with van der Waals surface area (Å²) in [5.74, 6) is -3.29. The number of nitrogens with one attached hydrogen (secondary N) is 8. The molecule has 6 aromatic rings. The molecule has 0 aliphatic heterocycles. The van der Waals surface area contributed by atoms with Gasteiger partial charge in [-0.3, -0.25) is 28.8 Å². The number of amides is 5. The number of rotatable bonds is 23. The van der Waals surface area contributed by atoms with Crippen LogP contribution in [0.4, 0.5) is 0 Å². The summed E-state index contributed by atoms with van der Waals surface area (Å²) in [5, 5.41) is 16.0. The smallest absolute Gasteiger partial charge is 0.243 e. The molecule has 0 radical (unpaired) electrons. The first-order chi connectivity index (χ1) is 32.5. The molecule has 0 aliphatic rings. The van der Waals surface area contributed by atoms with Crippen LogP contribution in [0.1, 0.15) is 75.0 Å². The van der Waals surface area contributed by atoms with Gasteiger partial charge >= 0.3 is 0 Å². The summed E-state index contributed by atoms with van der Waals surface area (Å²) < 4.78 is 0. The van der Waals surface area contributed by atoms with Gasteiger partial charge in [0.1, 0.15) is 24.2 Å². The van der Waals surface area contributed by atoms with Crippen molar-refractivity contribution >= 4 is 57.1 Å². The molecule has 0 unspecified atom stereocenters. The van der Waals surface area contributed by atoms with E-state index in [4.69, 9.17) is 11.5 Å². The molecule has 3 heterocycles. The fourth-order valence-corrected chi connectivity index (χ4v) is 8.31. The van der Waals surface area contributed by atoms with Crippen molar-refractivity contribution in [3.63, 3.8) is 0 Å². The first kappa shape index (κ1) is 50.3. The van der Waals surface area contributed by atoms with Crippen LogP contribution in [0.5, 0.6) is 0 Å². The largest absolute Gasteiger partial charge is 0.361 e. The number of fused-ring (bicyclic) bond motifs is 2. The number of Topliss-reactive ketones (excluding diaryl/α,β-unsaturated/α-hetero) is 1. The van der Waals surface area contributed by atoms with E-state index in [0.717, 1.165) is 44.2 Å². The molecule has 0 saturated heterocycles. The summed E-state index contributed by atoms with van der Waals surface area (Å²) in [5.41, 5.74) is 16.7. The highest BCUT2D eigenvalue weighted by atomic mass is 16.2. The topological polar surface area (TPSA) is 275 Å². The van der Waals surface area contributed by atoms with Crippen molar-refractivity contribution in [3.05, 3.63) is 126 Å². The normalized spacial score (nSPS) is 14.3. The molecule has 0 bridgehead atoms. The van der Waals surface area contributed by atoms with Crippen LogP contribution in [0.25, 0.3) is 21.8 Å². The van der Waals surface area contributed by atoms with Gasteiger partial charge in [0.2, 0.25) is 29.5 Å². The molecule has 0 aliphatic carbocycles. The number of nitrogens with zero attached hydrogens (tertiary/aromatic N) is 1. The second-order valence-electron chi connectivity index (χ2n) is 18.5. The number of ketones is 1. The number of aromatic amines is 3. The summed E-state index contributed by atoms with van der Waals surface area (Å²) in [6, 6.07) is 17.7. The zero-order chi connectivity index (χ0) is 49.0. The molecular formula is C51H65N11O6. The van der Waals surface area contributed by atoms with Crippen molar-refractivity contribution in [3.8, 4) is 0 Å². The lowest BCUT2D eigenvalue weighted by molar-refractivity contribution is -0.135. The highest BCUT2D eigenvalue weighted by Crippen LogP contribution is 2.24. The number of nitrogens with two attached hydrogens (primary N) is 2. The van der Waals surface area contributed by atoms with Gasteiger partial charge in [-0.2, -0.15) is 0 Å². The molecule has 0 saturated carbocycles. The lowest BCUT2D eigenvalue weighted by atomic mass is 9.84. The van der Waals surface area contributed by atoms with Crippen molar-refractivity contribution in [2.24, 2.45) is 16.9 Å². The second-order valence-corrected chi connectivity index (χ2v) is 18.5. The SMILES string of the molecule is Cc1[nH]c2ccccc2c1C[C@@H](NC(=O)[C@@H](N)Cc1cnc[nH]1)C(=O)N[C@@H](C)C(=O)N[C@@H](Cc1c[nH]c2ccccc12)C(=O)N[C@H](Cc1ccccc1)C(=O)N[C@@H](CCCCN)C(=O)C(C)(C)C. The molecule has 17 nitrogen and oxygen atoms in total. The van der Waals surface area contributed by atoms with Crippen molar-refractivity contribution in [1.29, 1.82) is 0 Å². The fourth-order valence-electron chi connectivity index (χ4n) is 8.31. The zero-order valence-corrected chi connectivity index (χ0v) is 39.4. The van der Waals surface area contributed by atoms with Crippen molar-refractivity contribution in [2.45, 2.75) is 116 Å². The van der Waals surface area contributed by atoms with Crippen LogP contribution >= 0.6 is 0 Å². The number of hydrogen-bond donors (Lipinski definition) is 10. The highest BCUT2D eigenvalue weighted by molar-refractivity contribution is 5.98. The summed E-state index contributed by atoms with van der Waals surface area (Å²) >= 11 is 0. The molecule has 68 heavy (non-hydrogen) atoms. The maximum absolute atomic E-state index is 14.7. The van der Waals surface area contributed by atoms with Gasteiger partial charge in [0.25, 0.3) is 0 Å². The fraction of sp³-hybridized carbons (Fsp3) is 0.392. The molecule has 6 rings (SSSR count). The Morgan fingerprint density at radius 1 is 0.647 bits per heavy atom. The van der Waals surface area contributed by atoms with Gasteiger partial charge in [-0.15, -0.1) is 0 Å². The van der Waals surface area contributed by atoms with Gasteiger partial charge in [-0.05, 0) is 68.5 Å². The molecule has 3 aromatic carbocycles. The monoisotopic (exact) mass is 928 g/mol. The third kappa shape index (κ3) is 13.3. The minimum atomic E-state index is -1.24. The van der Waals surface area contributed by atoms with E-state index < -0.39 is 71.2 Å². The van der Waals surface area contributed by atoms with Gasteiger partial charge in [0, 0.05) is 76.7 Å². The maximum atomic E-state index is 14.7. The van der Waals surface area contributed by atoms with Gasteiger partial charge < -0.3 is 53.0 Å². The number of carbonyl (C=O) groups excluding carboxylic acids is 6. The van der Waals surface area contributed by atoms with Crippen molar-refractivity contribution < 1.29 is 28.8 Å². The summed E-state index contributed by atoms with van der Waals surface area (Å²) in [4.78, 5) is 98.2. The lowest BCUT2D eigenvalue weighted by Crippen LogP contribution is -2.60. The summed E-state index contributed by atoms with van der Waals surface area (Å²) in [7, 11) is 0. The first-order valence-electron chi connectivity index (χ1n) is 23.2. The van der Waals surface area contributed by atoms with Crippen molar-refractivity contribution in [2.75, 3.05) is 6.54 Å². The quantitative estimate of drug-likeness (QED) is 0.0421. The average Bonchev–Trinajstić information content (AvgIpc) is 4.06. The molecule has 12 N–H and O–H groups in total. The number of benzene rings is 3. The third-order valence-corrected chi connectivity index (χ3v) is 12.1. The van der Waals surface area contributed by atoms with Crippen LogP contribution in [0.2, 0.25) is 0 Å². The van der Waals surface area contributed by atoms with Crippen LogP contribution in [0.3, 0.4) is 0 Å². The Hall–Kier alpha value is -7.11. The average molecular weight is 928 g/mol. The molecule has 6 atom stereocenters. The minimum Gasteiger partial charge on any atom is -0.361 e. The second kappa shape index (κ2) is 23.1. The summed E-state index contributed by atoms with van der Waals surface area (Å²) in [6.45, 7) is 9.18. The molecule has 0 spiro atoms. The molecule has 3 aromatic heterocycles. The number of aromatic nitrogens is 4. The third-order valence-electron chi connectivity index (χ3n) is 12.1. The van der Waals surface area contributed by atoms with Crippen LogP contribution in [-0.4, -0.2) is 98.1 Å².